The first-order valence-electron chi connectivity index (χ1n) is 6.32. The van der Waals surface area contributed by atoms with Crippen LogP contribution in [0.2, 0.25) is 0 Å². The van der Waals surface area contributed by atoms with Crippen LogP contribution in [0.5, 0.6) is 0 Å². The number of carbonyl (C=O) groups excluding carboxylic acids is 2. The number of rotatable bonds is 6. The molecule has 0 aliphatic heterocycles. The summed E-state index contributed by atoms with van der Waals surface area (Å²) in [5.74, 6) is -1.17. The van der Waals surface area contributed by atoms with E-state index in [0.717, 1.165) is 5.56 Å². The standard InChI is InChI=1S/C14H20N2O3/c1-3-19-14(18)10(2)16-13(17)12(9-15)11-7-5-4-6-8-11/h4-8,10,12H,3,9,15H2,1-2H3,(H,16,17). The van der Waals surface area contributed by atoms with Crippen molar-refractivity contribution in [1.82, 2.24) is 5.32 Å². The highest BCUT2D eigenvalue weighted by Crippen LogP contribution is 2.14. The van der Waals surface area contributed by atoms with Gasteiger partial charge in [-0.1, -0.05) is 30.3 Å². The monoisotopic (exact) mass is 264 g/mol. The molecule has 1 rings (SSSR count). The fraction of sp³-hybridized carbons (Fsp3) is 0.429. The lowest BCUT2D eigenvalue weighted by Crippen LogP contribution is -2.43. The van der Waals surface area contributed by atoms with Crippen molar-refractivity contribution >= 4 is 11.9 Å². The van der Waals surface area contributed by atoms with E-state index in [4.69, 9.17) is 10.5 Å². The molecule has 0 aliphatic rings. The van der Waals surface area contributed by atoms with E-state index in [0.29, 0.717) is 0 Å². The summed E-state index contributed by atoms with van der Waals surface area (Å²) in [4.78, 5) is 23.6. The van der Waals surface area contributed by atoms with Crippen LogP contribution in [0.15, 0.2) is 30.3 Å². The molecule has 2 unspecified atom stereocenters. The van der Waals surface area contributed by atoms with Crippen LogP contribution in [0.1, 0.15) is 25.3 Å². The van der Waals surface area contributed by atoms with Gasteiger partial charge in [0.15, 0.2) is 0 Å². The molecule has 19 heavy (non-hydrogen) atoms. The average molecular weight is 264 g/mol. The number of ether oxygens (including phenoxy) is 1. The van der Waals surface area contributed by atoms with Crippen LogP contribution in [0.25, 0.3) is 0 Å². The van der Waals surface area contributed by atoms with Gasteiger partial charge >= 0.3 is 5.97 Å². The van der Waals surface area contributed by atoms with Crippen LogP contribution in [-0.2, 0) is 14.3 Å². The predicted octanol–water partition coefficient (Wildman–Crippen LogP) is 0.797. The molecule has 0 heterocycles. The van der Waals surface area contributed by atoms with Crippen molar-refractivity contribution in [3.63, 3.8) is 0 Å². The van der Waals surface area contributed by atoms with Crippen molar-refractivity contribution in [3.8, 4) is 0 Å². The average Bonchev–Trinajstić information content (AvgIpc) is 2.41. The van der Waals surface area contributed by atoms with Crippen molar-refractivity contribution in [2.24, 2.45) is 5.73 Å². The number of carbonyl (C=O) groups is 2. The van der Waals surface area contributed by atoms with Crippen LogP contribution >= 0.6 is 0 Å². The van der Waals surface area contributed by atoms with Crippen LogP contribution in [0.3, 0.4) is 0 Å². The lowest BCUT2D eigenvalue weighted by molar-refractivity contribution is -0.147. The van der Waals surface area contributed by atoms with Gasteiger partial charge in [-0.2, -0.15) is 0 Å². The number of nitrogens with two attached hydrogens (primary N) is 1. The Morgan fingerprint density at radius 2 is 1.95 bits per heavy atom. The molecule has 5 heteroatoms. The van der Waals surface area contributed by atoms with Gasteiger partial charge in [0.1, 0.15) is 6.04 Å². The molecular formula is C14H20N2O3. The van der Waals surface area contributed by atoms with Gasteiger partial charge in [-0.3, -0.25) is 4.79 Å². The second kappa shape index (κ2) is 7.53. The zero-order valence-corrected chi connectivity index (χ0v) is 11.3. The second-order valence-corrected chi connectivity index (χ2v) is 4.18. The number of amides is 1. The summed E-state index contributed by atoms with van der Waals surface area (Å²) in [6.45, 7) is 3.79. The van der Waals surface area contributed by atoms with Crippen LogP contribution in [0, 0.1) is 0 Å². The minimum absolute atomic E-state index is 0.186. The molecule has 0 fully saturated rings. The molecule has 3 N–H and O–H groups in total. The lowest BCUT2D eigenvalue weighted by Gasteiger charge is -2.18. The van der Waals surface area contributed by atoms with Crippen LogP contribution < -0.4 is 11.1 Å². The maximum atomic E-state index is 12.1. The Morgan fingerprint density at radius 3 is 2.47 bits per heavy atom. The molecule has 0 aliphatic carbocycles. The molecular weight excluding hydrogens is 244 g/mol. The summed E-state index contributed by atoms with van der Waals surface area (Å²) < 4.78 is 4.84. The highest BCUT2D eigenvalue weighted by molar-refractivity contribution is 5.88. The summed E-state index contributed by atoms with van der Waals surface area (Å²) in [6.07, 6.45) is 0. The summed E-state index contributed by atoms with van der Waals surface area (Å²) in [7, 11) is 0. The molecule has 0 bridgehead atoms. The summed E-state index contributed by atoms with van der Waals surface area (Å²) >= 11 is 0. The van der Waals surface area contributed by atoms with Crippen LogP contribution in [-0.4, -0.2) is 31.1 Å². The van der Waals surface area contributed by atoms with E-state index in [1.807, 2.05) is 30.3 Å². The predicted molar refractivity (Wildman–Crippen MR) is 72.5 cm³/mol. The number of esters is 1. The summed E-state index contributed by atoms with van der Waals surface area (Å²) in [6, 6.07) is 8.57. The Balaban J connectivity index is 2.68. The van der Waals surface area contributed by atoms with Crippen molar-refractivity contribution in [2.45, 2.75) is 25.8 Å². The number of hydrogen-bond donors (Lipinski definition) is 2. The summed E-state index contributed by atoms with van der Waals surface area (Å²) in [5, 5.41) is 2.62. The molecule has 5 nitrogen and oxygen atoms in total. The maximum Gasteiger partial charge on any atom is 0.328 e. The van der Waals surface area contributed by atoms with Crippen molar-refractivity contribution in [2.75, 3.05) is 13.2 Å². The first-order chi connectivity index (χ1) is 9.10. The van der Waals surface area contributed by atoms with Gasteiger partial charge in [0, 0.05) is 6.54 Å². The highest BCUT2D eigenvalue weighted by atomic mass is 16.5. The quantitative estimate of drug-likeness (QED) is 0.745. The normalized spacial score (nSPS) is 13.4. The Morgan fingerprint density at radius 1 is 1.32 bits per heavy atom. The number of nitrogens with one attached hydrogen (secondary N) is 1. The first kappa shape index (κ1) is 15.2. The largest absolute Gasteiger partial charge is 0.464 e. The zero-order chi connectivity index (χ0) is 14.3. The lowest BCUT2D eigenvalue weighted by atomic mass is 9.98. The second-order valence-electron chi connectivity index (χ2n) is 4.18. The Bertz CT molecular complexity index is 420. The van der Waals surface area contributed by atoms with E-state index in [1.165, 1.54) is 0 Å². The van der Waals surface area contributed by atoms with Crippen molar-refractivity contribution < 1.29 is 14.3 Å². The fourth-order valence-electron chi connectivity index (χ4n) is 1.72. The van der Waals surface area contributed by atoms with E-state index in [-0.39, 0.29) is 19.1 Å². The minimum Gasteiger partial charge on any atom is -0.464 e. The van der Waals surface area contributed by atoms with Gasteiger partial charge < -0.3 is 15.8 Å². The molecule has 1 aromatic carbocycles. The van der Waals surface area contributed by atoms with Gasteiger partial charge in [-0.15, -0.1) is 0 Å². The molecule has 1 aromatic rings. The molecule has 0 radical (unpaired) electrons. The van der Waals surface area contributed by atoms with E-state index >= 15 is 0 Å². The van der Waals surface area contributed by atoms with Crippen molar-refractivity contribution in [1.29, 1.82) is 0 Å². The molecule has 0 saturated heterocycles. The van der Waals surface area contributed by atoms with Gasteiger partial charge in [-0.05, 0) is 19.4 Å². The van der Waals surface area contributed by atoms with Gasteiger partial charge in [0.05, 0.1) is 12.5 Å². The van der Waals surface area contributed by atoms with Gasteiger partial charge in [-0.25, -0.2) is 4.79 Å². The van der Waals surface area contributed by atoms with Gasteiger partial charge in [0.25, 0.3) is 0 Å². The smallest absolute Gasteiger partial charge is 0.328 e. The molecule has 0 aromatic heterocycles. The number of hydrogen-bond acceptors (Lipinski definition) is 4. The Kier molecular flexibility index (Phi) is 6.02. The Labute approximate surface area is 113 Å². The summed E-state index contributed by atoms with van der Waals surface area (Å²) in [5.41, 5.74) is 6.47. The van der Waals surface area contributed by atoms with E-state index in [1.54, 1.807) is 13.8 Å². The van der Waals surface area contributed by atoms with E-state index < -0.39 is 17.9 Å². The molecule has 0 spiro atoms. The van der Waals surface area contributed by atoms with Crippen LogP contribution in [0.4, 0.5) is 0 Å². The zero-order valence-electron chi connectivity index (χ0n) is 11.3. The molecule has 1 amide bonds. The maximum absolute atomic E-state index is 12.1. The third-order valence-electron chi connectivity index (χ3n) is 2.75. The first-order valence-corrected chi connectivity index (χ1v) is 6.32. The van der Waals surface area contributed by atoms with Gasteiger partial charge in [0.2, 0.25) is 5.91 Å². The fourth-order valence-corrected chi connectivity index (χ4v) is 1.72. The third-order valence-corrected chi connectivity index (χ3v) is 2.75. The topological polar surface area (TPSA) is 81.4 Å². The highest BCUT2D eigenvalue weighted by Gasteiger charge is 2.23. The molecule has 104 valence electrons. The minimum atomic E-state index is -0.676. The van der Waals surface area contributed by atoms with E-state index in [2.05, 4.69) is 5.32 Å². The van der Waals surface area contributed by atoms with Crippen molar-refractivity contribution in [3.05, 3.63) is 35.9 Å². The SMILES string of the molecule is CCOC(=O)C(C)NC(=O)C(CN)c1ccccc1. The Hall–Kier alpha value is -1.88. The third kappa shape index (κ3) is 4.37. The molecule has 0 saturated carbocycles. The number of benzene rings is 1. The molecule has 2 atom stereocenters. The van der Waals surface area contributed by atoms with E-state index in [9.17, 15) is 9.59 Å².